The molecule has 94 valence electrons. The van der Waals surface area contributed by atoms with Crippen LogP contribution in [0.4, 0.5) is 8.78 Å². The summed E-state index contributed by atoms with van der Waals surface area (Å²) in [5.41, 5.74) is -0.674. The lowest BCUT2D eigenvalue weighted by atomic mass is 9.93. The first-order valence-electron chi connectivity index (χ1n) is 5.46. The van der Waals surface area contributed by atoms with Crippen molar-refractivity contribution in [1.82, 2.24) is 5.32 Å². The lowest BCUT2D eigenvalue weighted by Gasteiger charge is -2.24. The average Bonchev–Trinajstić information content (AvgIpc) is 2.54. The first kappa shape index (κ1) is 13.4. The number of carbonyl (C=O) groups excluding carboxylic acids is 1. The monoisotopic (exact) mass is 235 g/mol. The fourth-order valence-electron chi connectivity index (χ4n) is 1.87. The van der Waals surface area contributed by atoms with Gasteiger partial charge in [0, 0.05) is 25.4 Å². The van der Waals surface area contributed by atoms with Gasteiger partial charge in [0.15, 0.2) is 0 Å². The normalized spacial score (nSPS) is 24.4. The predicted molar refractivity (Wildman–Crippen MR) is 56.4 cm³/mol. The Labute approximate surface area is 94.5 Å². The average molecular weight is 235 g/mol. The van der Waals surface area contributed by atoms with E-state index in [0.717, 1.165) is 0 Å². The highest BCUT2D eigenvalue weighted by molar-refractivity contribution is 5.76. The molecule has 0 heterocycles. The number of hydrogen-bond acceptors (Lipinski definition) is 3. The number of nitrogens with one attached hydrogen (secondary N) is 1. The molecular formula is C11H19F2NO2. The Morgan fingerprint density at radius 3 is 2.62 bits per heavy atom. The summed E-state index contributed by atoms with van der Waals surface area (Å²) < 4.78 is 30.5. The van der Waals surface area contributed by atoms with Crippen LogP contribution >= 0.6 is 0 Å². The van der Waals surface area contributed by atoms with Crippen LogP contribution in [0.1, 0.15) is 33.1 Å². The summed E-state index contributed by atoms with van der Waals surface area (Å²) >= 11 is 0. The van der Waals surface area contributed by atoms with Gasteiger partial charge in [0.2, 0.25) is 5.92 Å². The molecule has 0 aliphatic heterocycles. The summed E-state index contributed by atoms with van der Waals surface area (Å²) in [6.45, 7) is 3.83. The molecule has 0 amide bonds. The van der Waals surface area contributed by atoms with E-state index in [1.54, 1.807) is 13.8 Å². The van der Waals surface area contributed by atoms with Gasteiger partial charge in [-0.05, 0) is 20.3 Å². The molecule has 1 aliphatic rings. The van der Waals surface area contributed by atoms with E-state index in [1.807, 2.05) is 0 Å². The first-order valence-corrected chi connectivity index (χ1v) is 5.46. The van der Waals surface area contributed by atoms with Gasteiger partial charge in [0.05, 0.1) is 12.5 Å². The van der Waals surface area contributed by atoms with Crippen LogP contribution in [0.15, 0.2) is 0 Å². The van der Waals surface area contributed by atoms with Crippen molar-refractivity contribution in [3.05, 3.63) is 0 Å². The molecular weight excluding hydrogens is 216 g/mol. The number of halogens is 2. The Kier molecular flexibility index (Phi) is 3.88. The molecule has 5 heteroatoms. The van der Waals surface area contributed by atoms with Crippen molar-refractivity contribution >= 4 is 5.97 Å². The van der Waals surface area contributed by atoms with E-state index in [9.17, 15) is 13.6 Å². The highest BCUT2D eigenvalue weighted by atomic mass is 19.3. The Hall–Kier alpha value is -0.710. The number of carbonyl (C=O) groups is 1. The van der Waals surface area contributed by atoms with Crippen LogP contribution in [-0.2, 0) is 9.53 Å². The molecule has 0 aromatic carbocycles. The number of methoxy groups -OCH3 is 1. The second kappa shape index (κ2) is 4.65. The highest BCUT2D eigenvalue weighted by Crippen LogP contribution is 2.35. The zero-order valence-electron chi connectivity index (χ0n) is 9.98. The smallest absolute Gasteiger partial charge is 0.312 e. The van der Waals surface area contributed by atoms with Gasteiger partial charge in [-0.2, -0.15) is 0 Å². The molecule has 16 heavy (non-hydrogen) atoms. The first-order chi connectivity index (χ1) is 7.27. The molecule has 0 aromatic heterocycles. The van der Waals surface area contributed by atoms with Gasteiger partial charge < -0.3 is 10.1 Å². The Balaban J connectivity index is 2.38. The molecule has 0 bridgehead atoms. The molecule has 0 saturated heterocycles. The van der Waals surface area contributed by atoms with Gasteiger partial charge in [0.25, 0.3) is 0 Å². The third kappa shape index (κ3) is 3.40. The molecule has 3 nitrogen and oxygen atoms in total. The number of hydrogen-bond donors (Lipinski definition) is 1. The van der Waals surface area contributed by atoms with Gasteiger partial charge in [-0.25, -0.2) is 8.78 Å². The van der Waals surface area contributed by atoms with Crippen LogP contribution < -0.4 is 5.32 Å². The van der Waals surface area contributed by atoms with Crippen LogP contribution in [0.25, 0.3) is 0 Å². The predicted octanol–water partition coefficient (Wildman–Crippen LogP) is 1.96. The van der Waals surface area contributed by atoms with Crippen LogP contribution in [0.3, 0.4) is 0 Å². The summed E-state index contributed by atoms with van der Waals surface area (Å²) in [6.07, 6.45) is 0.262. The van der Waals surface area contributed by atoms with E-state index < -0.39 is 11.3 Å². The molecule has 1 atom stereocenters. The molecule has 1 saturated carbocycles. The minimum atomic E-state index is -2.55. The highest BCUT2D eigenvalue weighted by Gasteiger charge is 2.40. The second-order valence-electron chi connectivity index (χ2n) is 5.05. The fraction of sp³-hybridized carbons (Fsp3) is 0.909. The van der Waals surface area contributed by atoms with Crippen molar-refractivity contribution in [3.63, 3.8) is 0 Å². The zero-order chi connectivity index (χ0) is 12.4. The minimum Gasteiger partial charge on any atom is -0.469 e. The standard InChI is InChI=1S/C11H19F2NO2/c1-10(2,9(15)16-3)7-14-8-4-5-11(12,13)6-8/h8,14H,4-7H2,1-3H3. The van der Waals surface area contributed by atoms with Crippen molar-refractivity contribution in [3.8, 4) is 0 Å². The maximum atomic E-state index is 12.9. The Morgan fingerprint density at radius 1 is 1.56 bits per heavy atom. The van der Waals surface area contributed by atoms with Crippen LogP contribution in [0.2, 0.25) is 0 Å². The molecule has 1 unspecified atom stereocenters. The zero-order valence-corrected chi connectivity index (χ0v) is 9.98. The summed E-state index contributed by atoms with van der Waals surface area (Å²) in [5, 5.41) is 3.01. The lowest BCUT2D eigenvalue weighted by molar-refractivity contribution is -0.150. The molecule has 0 radical (unpaired) electrons. The number of ether oxygens (including phenoxy) is 1. The number of rotatable bonds is 4. The molecule has 0 spiro atoms. The number of alkyl halides is 2. The van der Waals surface area contributed by atoms with Gasteiger partial charge >= 0.3 is 5.97 Å². The van der Waals surface area contributed by atoms with E-state index in [-0.39, 0.29) is 24.9 Å². The fourth-order valence-corrected chi connectivity index (χ4v) is 1.87. The third-order valence-corrected chi connectivity index (χ3v) is 2.97. The van der Waals surface area contributed by atoms with Crippen molar-refractivity contribution in [2.75, 3.05) is 13.7 Å². The largest absolute Gasteiger partial charge is 0.469 e. The van der Waals surface area contributed by atoms with E-state index in [4.69, 9.17) is 0 Å². The second-order valence-corrected chi connectivity index (χ2v) is 5.05. The van der Waals surface area contributed by atoms with Crippen LogP contribution in [0.5, 0.6) is 0 Å². The molecule has 1 fully saturated rings. The molecule has 0 aromatic rings. The topological polar surface area (TPSA) is 38.3 Å². The molecule has 1 aliphatic carbocycles. The van der Waals surface area contributed by atoms with Gasteiger partial charge in [0.1, 0.15) is 0 Å². The van der Waals surface area contributed by atoms with Crippen LogP contribution in [-0.4, -0.2) is 31.6 Å². The van der Waals surface area contributed by atoms with Crippen molar-refractivity contribution < 1.29 is 18.3 Å². The maximum absolute atomic E-state index is 12.9. The van der Waals surface area contributed by atoms with E-state index in [1.165, 1.54) is 7.11 Å². The summed E-state index contributed by atoms with van der Waals surface area (Å²) in [6, 6.07) is -0.195. The van der Waals surface area contributed by atoms with Gasteiger partial charge in [-0.1, -0.05) is 0 Å². The van der Waals surface area contributed by atoms with E-state index in [0.29, 0.717) is 13.0 Å². The Morgan fingerprint density at radius 2 is 2.19 bits per heavy atom. The number of esters is 1. The summed E-state index contributed by atoms with van der Waals surface area (Å²) in [4.78, 5) is 11.4. The van der Waals surface area contributed by atoms with Crippen molar-refractivity contribution in [1.29, 1.82) is 0 Å². The molecule has 1 N–H and O–H groups in total. The van der Waals surface area contributed by atoms with Gasteiger partial charge in [-0.15, -0.1) is 0 Å². The lowest BCUT2D eigenvalue weighted by Crippen LogP contribution is -2.41. The third-order valence-electron chi connectivity index (χ3n) is 2.97. The van der Waals surface area contributed by atoms with Crippen molar-refractivity contribution in [2.45, 2.75) is 45.1 Å². The maximum Gasteiger partial charge on any atom is 0.312 e. The SMILES string of the molecule is COC(=O)C(C)(C)CNC1CCC(F)(F)C1. The van der Waals surface area contributed by atoms with Crippen LogP contribution in [0, 0.1) is 5.41 Å². The van der Waals surface area contributed by atoms with Gasteiger partial charge in [-0.3, -0.25) is 4.79 Å². The van der Waals surface area contributed by atoms with E-state index >= 15 is 0 Å². The van der Waals surface area contributed by atoms with Crippen molar-refractivity contribution in [2.24, 2.45) is 5.41 Å². The molecule has 1 rings (SSSR count). The summed E-state index contributed by atoms with van der Waals surface area (Å²) in [7, 11) is 1.33. The van der Waals surface area contributed by atoms with E-state index in [2.05, 4.69) is 10.1 Å². The Bertz CT molecular complexity index is 267. The minimum absolute atomic E-state index is 0.0662. The summed E-state index contributed by atoms with van der Waals surface area (Å²) in [5.74, 6) is -2.88. The quantitative estimate of drug-likeness (QED) is 0.757.